The molecule has 0 spiro atoms. The number of halogens is 2. The van der Waals surface area contributed by atoms with Crippen molar-refractivity contribution in [2.24, 2.45) is 5.41 Å². The highest BCUT2D eigenvalue weighted by atomic mass is 19.1. The molecule has 6 heteroatoms. The van der Waals surface area contributed by atoms with Gasteiger partial charge in [-0.3, -0.25) is 4.79 Å². The number of aryl methyl sites for hydroxylation is 1. The average Bonchev–Trinajstić information content (AvgIpc) is 2.84. The molecular weight excluding hydrogens is 312 g/mol. The van der Waals surface area contributed by atoms with Crippen LogP contribution < -0.4 is 0 Å². The smallest absolute Gasteiger partial charge is 0.167 e. The highest BCUT2D eigenvalue weighted by Crippen LogP contribution is 2.37. The first kappa shape index (κ1) is 16.3. The van der Waals surface area contributed by atoms with Crippen LogP contribution in [-0.2, 0) is 12.8 Å². The molecule has 1 aromatic carbocycles. The number of aromatic nitrogens is 2. The van der Waals surface area contributed by atoms with E-state index in [9.17, 15) is 13.6 Å². The van der Waals surface area contributed by atoms with Crippen molar-refractivity contribution >= 4 is 5.78 Å². The van der Waals surface area contributed by atoms with Crippen LogP contribution in [0, 0.1) is 28.4 Å². The van der Waals surface area contributed by atoms with Crippen molar-refractivity contribution in [2.45, 2.75) is 40.0 Å². The van der Waals surface area contributed by atoms with Gasteiger partial charge in [-0.1, -0.05) is 20.8 Å². The first-order valence-electron chi connectivity index (χ1n) is 7.81. The lowest BCUT2D eigenvalue weighted by Gasteiger charge is -2.29. The third-order valence-corrected chi connectivity index (χ3v) is 4.34. The van der Waals surface area contributed by atoms with Crippen molar-refractivity contribution in [3.63, 3.8) is 0 Å². The van der Waals surface area contributed by atoms with Gasteiger partial charge in [-0.2, -0.15) is 10.4 Å². The van der Waals surface area contributed by atoms with Crippen LogP contribution in [0.1, 0.15) is 54.5 Å². The number of hydrogen-bond acceptors (Lipinski definition) is 3. The highest BCUT2D eigenvalue weighted by Gasteiger charge is 2.36. The summed E-state index contributed by atoms with van der Waals surface area (Å²) in [5, 5.41) is 13.2. The molecule has 1 aliphatic rings. The Morgan fingerprint density at radius 2 is 1.92 bits per heavy atom. The van der Waals surface area contributed by atoms with E-state index in [2.05, 4.69) is 5.10 Å². The van der Waals surface area contributed by atoms with Crippen LogP contribution in [0.3, 0.4) is 0 Å². The lowest BCUT2D eigenvalue weighted by molar-refractivity contribution is 0.0910. The summed E-state index contributed by atoms with van der Waals surface area (Å²) in [5.74, 6) is -1.86. The highest BCUT2D eigenvalue weighted by molar-refractivity contribution is 6.00. The van der Waals surface area contributed by atoms with Crippen LogP contribution in [0.5, 0.6) is 0 Å². The topological polar surface area (TPSA) is 58.7 Å². The van der Waals surface area contributed by atoms with Crippen LogP contribution >= 0.6 is 0 Å². The number of nitrogens with zero attached hydrogens (tertiary/aromatic N) is 3. The predicted molar refractivity (Wildman–Crippen MR) is 84.0 cm³/mol. The molecule has 1 heterocycles. The summed E-state index contributed by atoms with van der Waals surface area (Å²) < 4.78 is 29.4. The maximum atomic E-state index is 14.0. The van der Waals surface area contributed by atoms with Gasteiger partial charge < -0.3 is 0 Å². The van der Waals surface area contributed by atoms with E-state index in [1.807, 2.05) is 20.8 Å². The van der Waals surface area contributed by atoms with Gasteiger partial charge in [0.2, 0.25) is 0 Å². The number of ketones is 1. The normalized spacial score (nSPS) is 15.9. The Bertz CT molecular complexity index is 867. The summed E-state index contributed by atoms with van der Waals surface area (Å²) >= 11 is 0. The lowest BCUT2D eigenvalue weighted by Crippen LogP contribution is -2.28. The van der Waals surface area contributed by atoms with E-state index in [0.717, 1.165) is 12.1 Å². The zero-order valence-electron chi connectivity index (χ0n) is 13.8. The monoisotopic (exact) mass is 329 g/mol. The summed E-state index contributed by atoms with van der Waals surface area (Å²) in [6.45, 7) is 5.85. The van der Waals surface area contributed by atoms with E-state index in [1.165, 1.54) is 10.8 Å². The van der Waals surface area contributed by atoms with Crippen molar-refractivity contribution in [2.75, 3.05) is 0 Å². The zero-order valence-corrected chi connectivity index (χ0v) is 13.8. The number of rotatable bonds is 2. The van der Waals surface area contributed by atoms with Gasteiger partial charge in [0.1, 0.15) is 23.3 Å². The summed E-state index contributed by atoms with van der Waals surface area (Å²) in [6.07, 6.45) is 1.57. The van der Waals surface area contributed by atoms with E-state index in [1.54, 1.807) is 0 Å². The first-order valence-corrected chi connectivity index (χ1v) is 7.81. The minimum absolute atomic E-state index is 0.0129. The molecule has 124 valence electrons. The van der Waals surface area contributed by atoms with Gasteiger partial charge in [0, 0.05) is 18.6 Å². The molecule has 0 N–H and O–H groups in total. The second-order valence-electron chi connectivity index (χ2n) is 6.87. The van der Waals surface area contributed by atoms with Gasteiger partial charge in [0.05, 0.1) is 22.6 Å². The molecule has 0 unspecified atom stereocenters. The third kappa shape index (κ3) is 2.50. The number of benzene rings is 1. The molecule has 0 aliphatic heterocycles. The molecule has 3 rings (SSSR count). The molecule has 0 amide bonds. The first-order chi connectivity index (χ1) is 11.3. The van der Waals surface area contributed by atoms with Gasteiger partial charge in [0.15, 0.2) is 5.78 Å². The van der Waals surface area contributed by atoms with Crippen LogP contribution in [-0.4, -0.2) is 15.6 Å². The fourth-order valence-corrected chi connectivity index (χ4v) is 3.28. The zero-order chi connectivity index (χ0) is 17.6. The fourth-order valence-electron chi connectivity index (χ4n) is 3.28. The van der Waals surface area contributed by atoms with Gasteiger partial charge >= 0.3 is 0 Å². The molecule has 0 bridgehead atoms. The van der Waals surface area contributed by atoms with Crippen LogP contribution in [0.4, 0.5) is 8.78 Å². The second kappa shape index (κ2) is 5.52. The Labute approximate surface area is 138 Å². The number of Topliss-reactive ketones (excluding diaryl/α,β-unsaturated/α-hetero) is 1. The van der Waals surface area contributed by atoms with Gasteiger partial charge in [-0.05, 0) is 18.3 Å². The molecule has 0 saturated heterocycles. The molecule has 1 aliphatic carbocycles. The molecule has 1 aromatic heterocycles. The Balaban J connectivity index is 2.24. The third-order valence-electron chi connectivity index (χ3n) is 4.34. The maximum absolute atomic E-state index is 14.0. The van der Waals surface area contributed by atoms with Crippen LogP contribution in [0.15, 0.2) is 12.1 Å². The van der Waals surface area contributed by atoms with Crippen molar-refractivity contribution < 1.29 is 13.6 Å². The molecule has 24 heavy (non-hydrogen) atoms. The molecule has 4 nitrogen and oxygen atoms in total. The lowest BCUT2D eigenvalue weighted by atomic mass is 9.75. The van der Waals surface area contributed by atoms with Crippen molar-refractivity contribution in [1.29, 1.82) is 5.26 Å². The molecular formula is C18H17F2N3O. The molecule has 2 aromatic rings. The van der Waals surface area contributed by atoms with E-state index < -0.39 is 17.2 Å². The summed E-state index contributed by atoms with van der Waals surface area (Å²) in [5.41, 5.74) is 1.21. The van der Waals surface area contributed by atoms with Crippen molar-refractivity contribution in [3.8, 4) is 11.8 Å². The maximum Gasteiger partial charge on any atom is 0.167 e. The Kier molecular flexibility index (Phi) is 3.75. The van der Waals surface area contributed by atoms with E-state index in [4.69, 9.17) is 5.26 Å². The number of fused-ring (bicyclic) bond motifs is 1. The fraction of sp³-hybridized carbons (Fsp3) is 0.389. The van der Waals surface area contributed by atoms with Crippen molar-refractivity contribution in [3.05, 3.63) is 46.3 Å². The standard InChI is InChI=1S/C18H17F2N3O/c1-4-14-17-15(7-18(2,3)8-16(17)24)23(22-14)10-5-12(19)11(9-21)13(20)6-10/h5-6H,4,7-8H2,1-3H3. The summed E-state index contributed by atoms with van der Waals surface area (Å²) in [6, 6.07) is 3.67. The largest absolute Gasteiger partial charge is 0.294 e. The van der Waals surface area contributed by atoms with Gasteiger partial charge in [0.25, 0.3) is 0 Å². The quantitative estimate of drug-likeness (QED) is 0.843. The number of carbonyl (C=O) groups excluding carboxylic acids is 1. The Hall–Kier alpha value is -2.55. The number of carbonyl (C=O) groups is 1. The summed E-state index contributed by atoms with van der Waals surface area (Å²) in [4.78, 5) is 12.5. The second-order valence-corrected chi connectivity index (χ2v) is 6.87. The minimum atomic E-state index is -0.934. The van der Waals surface area contributed by atoms with Crippen LogP contribution in [0.25, 0.3) is 5.69 Å². The average molecular weight is 329 g/mol. The Morgan fingerprint density at radius 1 is 1.29 bits per heavy atom. The summed E-state index contributed by atoms with van der Waals surface area (Å²) in [7, 11) is 0. The van der Waals surface area contributed by atoms with E-state index in [-0.39, 0.29) is 16.9 Å². The molecule has 0 fully saturated rings. The Morgan fingerprint density at radius 3 is 2.46 bits per heavy atom. The SMILES string of the molecule is CCc1nn(-c2cc(F)c(C#N)c(F)c2)c2c1C(=O)CC(C)(C)C2. The molecule has 0 saturated carbocycles. The van der Waals surface area contributed by atoms with Crippen molar-refractivity contribution in [1.82, 2.24) is 9.78 Å². The van der Waals surface area contributed by atoms with Gasteiger partial charge in [-0.15, -0.1) is 0 Å². The molecule has 0 radical (unpaired) electrons. The predicted octanol–water partition coefficient (Wildman–Crippen LogP) is 3.74. The number of hydrogen-bond donors (Lipinski definition) is 0. The molecule has 0 atom stereocenters. The number of nitriles is 1. The van der Waals surface area contributed by atoms with E-state index >= 15 is 0 Å². The van der Waals surface area contributed by atoms with Crippen LogP contribution in [0.2, 0.25) is 0 Å². The minimum Gasteiger partial charge on any atom is -0.294 e. The van der Waals surface area contributed by atoms with Gasteiger partial charge in [-0.25, -0.2) is 13.5 Å². The van der Waals surface area contributed by atoms with E-state index in [0.29, 0.717) is 36.2 Å².